The molecule has 0 bridgehead atoms. The summed E-state index contributed by atoms with van der Waals surface area (Å²) in [7, 11) is 3.11. The molecule has 0 radical (unpaired) electrons. The standard InChI is InChI=1S/C26H23N3O5S/c1-33-21-10-7-17(14-22(21)34-2)11-12-28(26(32)23-4-3-13-35-23)20-15-24(30)29(25(20)31)19-8-5-18(16-27)6-9-19/h3-10,13-14,20H,11-12,15H2,1-2H3. The number of anilines is 1. The van der Waals surface area contributed by atoms with Gasteiger partial charge >= 0.3 is 0 Å². The van der Waals surface area contributed by atoms with E-state index in [-0.39, 0.29) is 24.8 Å². The number of nitriles is 1. The van der Waals surface area contributed by atoms with Crippen molar-refractivity contribution < 1.29 is 23.9 Å². The van der Waals surface area contributed by atoms with Crippen LogP contribution in [0.15, 0.2) is 60.0 Å². The second-order valence-electron chi connectivity index (χ2n) is 7.86. The smallest absolute Gasteiger partial charge is 0.264 e. The van der Waals surface area contributed by atoms with E-state index in [2.05, 4.69) is 0 Å². The molecule has 3 aromatic rings. The van der Waals surface area contributed by atoms with Crippen LogP contribution in [0.3, 0.4) is 0 Å². The zero-order valence-corrected chi connectivity index (χ0v) is 20.1. The highest BCUT2D eigenvalue weighted by molar-refractivity contribution is 7.12. The number of rotatable bonds is 8. The molecule has 1 aromatic heterocycles. The molecule has 9 heteroatoms. The predicted molar refractivity (Wildman–Crippen MR) is 131 cm³/mol. The Hall–Kier alpha value is -4.16. The summed E-state index contributed by atoms with van der Waals surface area (Å²) in [4.78, 5) is 42.7. The number of hydrogen-bond donors (Lipinski definition) is 0. The maximum atomic E-state index is 13.4. The summed E-state index contributed by atoms with van der Waals surface area (Å²) < 4.78 is 10.7. The monoisotopic (exact) mass is 489 g/mol. The average Bonchev–Trinajstić information content (AvgIpc) is 3.52. The van der Waals surface area contributed by atoms with E-state index in [1.807, 2.05) is 18.2 Å². The van der Waals surface area contributed by atoms with Crippen LogP contribution in [0, 0.1) is 11.3 Å². The van der Waals surface area contributed by atoms with Gasteiger partial charge in [-0.15, -0.1) is 11.3 Å². The molecule has 8 nitrogen and oxygen atoms in total. The van der Waals surface area contributed by atoms with Gasteiger partial charge in [0, 0.05) is 6.54 Å². The van der Waals surface area contributed by atoms with Gasteiger partial charge in [0.15, 0.2) is 11.5 Å². The molecule has 35 heavy (non-hydrogen) atoms. The molecule has 2 aromatic carbocycles. The van der Waals surface area contributed by atoms with Crippen LogP contribution < -0.4 is 14.4 Å². The lowest BCUT2D eigenvalue weighted by atomic mass is 10.1. The fourth-order valence-electron chi connectivity index (χ4n) is 4.04. The van der Waals surface area contributed by atoms with E-state index in [0.717, 1.165) is 10.5 Å². The SMILES string of the molecule is COc1ccc(CCN(C(=O)c2cccs2)C2CC(=O)N(c3ccc(C#N)cc3)C2=O)cc1OC. The highest BCUT2D eigenvalue weighted by Crippen LogP contribution is 2.30. The lowest BCUT2D eigenvalue weighted by Crippen LogP contribution is -2.46. The van der Waals surface area contributed by atoms with Gasteiger partial charge in [0.2, 0.25) is 5.91 Å². The van der Waals surface area contributed by atoms with Gasteiger partial charge in [-0.3, -0.25) is 14.4 Å². The van der Waals surface area contributed by atoms with Crippen molar-refractivity contribution in [2.75, 3.05) is 25.7 Å². The number of carbonyl (C=O) groups is 3. The summed E-state index contributed by atoms with van der Waals surface area (Å²) in [6.45, 7) is 0.233. The fourth-order valence-corrected chi connectivity index (χ4v) is 4.72. The molecule has 1 aliphatic heterocycles. The first-order chi connectivity index (χ1) is 17.0. The number of carbonyl (C=O) groups excluding carboxylic acids is 3. The van der Waals surface area contributed by atoms with Crippen molar-refractivity contribution in [1.29, 1.82) is 5.26 Å². The van der Waals surface area contributed by atoms with Gasteiger partial charge in [-0.05, 0) is 59.8 Å². The van der Waals surface area contributed by atoms with Crippen LogP contribution in [0.2, 0.25) is 0 Å². The Kier molecular flexibility index (Phi) is 7.13. The number of amides is 3. The third-order valence-corrected chi connectivity index (χ3v) is 6.69. The molecule has 4 rings (SSSR count). The summed E-state index contributed by atoms with van der Waals surface area (Å²) in [6, 6.07) is 16.3. The minimum absolute atomic E-state index is 0.109. The van der Waals surface area contributed by atoms with Crippen molar-refractivity contribution in [2.24, 2.45) is 0 Å². The average molecular weight is 490 g/mol. The second-order valence-corrected chi connectivity index (χ2v) is 8.81. The third-order valence-electron chi connectivity index (χ3n) is 5.84. The van der Waals surface area contributed by atoms with Gasteiger partial charge < -0.3 is 14.4 Å². The molecular weight excluding hydrogens is 466 g/mol. The highest BCUT2D eigenvalue weighted by atomic mass is 32.1. The lowest BCUT2D eigenvalue weighted by molar-refractivity contribution is -0.122. The number of benzene rings is 2. The van der Waals surface area contributed by atoms with Gasteiger partial charge in [0.25, 0.3) is 11.8 Å². The normalized spacial score (nSPS) is 15.1. The Morgan fingerprint density at radius 2 is 1.86 bits per heavy atom. The first kappa shape index (κ1) is 24.0. The van der Waals surface area contributed by atoms with Crippen molar-refractivity contribution in [1.82, 2.24) is 4.90 Å². The van der Waals surface area contributed by atoms with Gasteiger partial charge in [0.1, 0.15) is 6.04 Å². The first-order valence-electron chi connectivity index (χ1n) is 10.9. The van der Waals surface area contributed by atoms with Crippen LogP contribution in [0.5, 0.6) is 11.5 Å². The molecule has 178 valence electrons. The molecule has 0 saturated carbocycles. The molecule has 1 atom stereocenters. The number of thiophene rings is 1. The van der Waals surface area contributed by atoms with Gasteiger partial charge in [-0.1, -0.05) is 12.1 Å². The molecule has 3 amide bonds. The predicted octanol–water partition coefficient (Wildman–Crippen LogP) is 3.65. The molecule has 0 N–H and O–H groups in total. The van der Waals surface area contributed by atoms with Gasteiger partial charge in [-0.25, -0.2) is 4.90 Å². The minimum Gasteiger partial charge on any atom is -0.493 e. The van der Waals surface area contributed by atoms with E-state index < -0.39 is 11.9 Å². The van der Waals surface area contributed by atoms with Crippen LogP contribution >= 0.6 is 11.3 Å². The number of ether oxygens (including phenoxy) is 2. The zero-order valence-electron chi connectivity index (χ0n) is 19.3. The van der Waals surface area contributed by atoms with E-state index in [9.17, 15) is 14.4 Å². The quantitative estimate of drug-likeness (QED) is 0.448. The van der Waals surface area contributed by atoms with Crippen molar-refractivity contribution in [3.05, 3.63) is 76.0 Å². The van der Waals surface area contributed by atoms with Crippen LogP contribution in [-0.4, -0.2) is 49.4 Å². The Morgan fingerprint density at radius 3 is 2.49 bits per heavy atom. The lowest BCUT2D eigenvalue weighted by Gasteiger charge is -2.27. The second kappa shape index (κ2) is 10.4. The molecule has 1 aliphatic rings. The molecule has 1 saturated heterocycles. The molecule has 1 unspecified atom stereocenters. The Balaban J connectivity index is 1.60. The van der Waals surface area contributed by atoms with Crippen LogP contribution in [-0.2, 0) is 16.0 Å². The minimum atomic E-state index is -0.923. The van der Waals surface area contributed by atoms with Crippen molar-refractivity contribution >= 4 is 34.7 Å². The van der Waals surface area contributed by atoms with Gasteiger partial charge in [-0.2, -0.15) is 5.26 Å². The first-order valence-corrected chi connectivity index (χ1v) is 11.8. The Labute approximate surface area is 206 Å². The van der Waals surface area contributed by atoms with E-state index in [1.165, 1.54) is 16.2 Å². The maximum Gasteiger partial charge on any atom is 0.264 e. The van der Waals surface area contributed by atoms with E-state index in [4.69, 9.17) is 14.7 Å². The summed E-state index contributed by atoms with van der Waals surface area (Å²) in [5.74, 6) is 0.0164. The Bertz CT molecular complexity index is 1280. The Morgan fingerprint density at radius 1 is 1.11 bits per heavy atom. The van der Waals surface area contributed by atoms with Crippen LogP contribution in [0.4, 0.5) is 5.69 Å². The zero-order chi connectivity index (χ0) is 24.9. The number of methoxy groups -OCH3 is 2. The van der Waals surface area contributed by atoms with E-state index >= 15 is 0 Å². The summed E-state index contributed by atoms with van der Waals surface area (Å²) in [5.41, 5.74) is 1.70. The summed E-state index contributed by atoms with van der Waals surface area (Å²) >= 11 is 1.29. The number of nitrogens with zero attached hydrogens (tertiary/aromatic N) is 3. The molecule has 0 aliphatic carbocycles. The highest BCUT2D eigenvalue weighted by Gasteiger charge is 2.44. The summed E-state index contributed by atoms with van der Waals surface area (Å²) in [6.07, 6.45) is 0.341. The van der Waals surface area contributed by atoms with Crippen molar-refractivity contribution in [3.8, 4) is 17.6 Å². The molecule has 2 heterocycles. The molecular formula is C26H23N3O5S. The largest absolute Gasteiger partial charge is 0.493 e. The molecule has 1 fully saturated rings. The summed E-state index contributed by atoms with van der Waals surface area (Å²) in [5, 5.41) is 10.8. The topological polar surface area (TPSA) is 99.9 Å². The van der Waals surface area contributed by atoms with Crippen molar-refractivity contribution in [3.63, 3.8) is 0 Å². The third kappa shape index (κ3) is 4.88. The fraction of sp³-hybridized carbons (Fsp3) is 0.231. The van der Waals surface area contributed by atoms with E-state index in [1.54, 1.807) is 62.1 Å². The van der Waals surface area contributed by atoms with Crippen LogP contribution in [0.1, 0.15) is 27.2 Å². The number of hydrogen-bond acceptors (Lipinski definition) is 7. The molecule has 0 spiro atoms. The van der Waals surface area contributed by atoms with E-state index in [0.29, 0.717) is 34.0 Å². The maximum absolute atomic E-state index is 13.4. The van der Waals surface area contributed by atoms with Gasteiger partial charge in [0.05, 0.1) is 42.8 Å². The van der Waals surface area contributed by atoms with Crippen LogP contribution in [0.25, 0.3) is 0 Å². The number of imide groups is 1. The van der Waals surface area contributed by atoms with Crippen molar-refractivity contribution in [2.45, 2.75) is 18.9 Å².